The third-order valence-electron chi connectivity index (χ3n) is 4.93. The maximum absolute atomic E-state index is 9.55. The van der Waals surface area contributed by atoms with Crippen molar-refractivity contribution in [3.8, 4) is 6.07 Å². The number of hydrogen-bond donors (Lipinski definition) is 1. The average molecular weight is 285 g/mol. The second kappa shape index (κ2) is 5.98. The molecule has 2 fully saturated rings. The molecule has 2 aliphatic heterocycles. The van der Waals surface area contributed by atoms with Crippen LogP contribution < -0.4 is 10.2 Å². The molecule has 112 valence electrons. The van der Waals surface area contributed by atoms with Crippen LogP contribution in [0.25, 0.3) is 0 Å². The number of hydrogen-bond acceptors (Lipinski definition) is 5. The SMILES string of the molecule is Cc1nnc(N2CCCCC2C2CCCN2)c(C#N)c1C. The summed E-state index contributed by atoms with van der Waals surface area (Å²) >= 11 is 0. The van der Waals surface area contributed by atoms with Crippen LogP contribution in [0.2, 0.25) is 0 Å². The van der Waals surface area contributed by atoms with Crippen LogP contribution in [0.1, 0.15) is 48.9 Å². The molecule has 0 spiro atoms. The fraction of sp³-hybridized carbons (Fsp3) is 0.688. The predicted octanol–water partition coefficient (Wildman–Crippen LogP) is 2.08. The smallest absolute Gasteiger partial charge is 0.169 e. The number of nitriles is 1. The Morgan fingerprint density at radius 2 is 2.05 bits per heavy atom. The van der Waals surface area contributed by atoms with Crippen LogP contribution in [-0.4, -0.2) is 35.4 Å². The minimum Gasteiger partial charge on any atom is -0.349 e. The first-order valence-corrected chi connectivity index (χ1v) is 7.96. The molecule has 3 rings (SSSR count). The number of aromatic nitrogens is 2. The van der Waals surface area contributed by atoms with Gasteiger partial charge in [-0.2, -0.15) is 10.4 Å². The van der Waals surface area contributed by atoms with Gasteiger partial charge in [0.15, 0.2) is 5.82 Å². The van der Waals surface area contributed by atoms with Crippen molar-refractivity contribution in [1.82, 2.24) is 15.5 Å². The van der Waals surface area contributed by atoms with Crippen molar-refractivity contribution in [2.24, 2.45) is 0 Å². The molecular weight excluding hydrogens is 262 g/mol. The van der Waals surface area contributed by atoms with Crippen LogP contribution in [-0.2, 0) is 0 Å². The van der Waals surface area contributed by atoms with Gasteiger partial charge in [0.2, 0.25) is 0 Å². The van der Waals surface area contributed by atoms with Crippen LogP contribution in [0.3, 0.4) is 0 Å². The quantitative estimate of drug-likeness (QED) is 0.901. The van der Waals surface area contributed by atoms with Crippen LogP contribution >= 0.6 is 0 Å². The fourth-order valence-electron chi connectivity index (χ4n) is 3.61. The molecule has 1 aromatic rings. The second-order valence-corrected chi connectivity index (χ2v) is 6.18. The van der Waals surface area contributed by atoms with E-state index in [0.29, 0.717) is 17.6 Å². The van der Waals surface area contributed by atoms with Gasteiger partial charge in [-0.15, -0.1) is 5.10 Å². The van der Waals surface area contributed by atoms with Gasteiger partial charge in [-0.25, -0.2) is 0 Å². The zero-order chi connectivity index (χ0) is 14.8. The second-order valence-electron chi connectivity index (χ2n) is 6.18. The van der Waals surface area contributed by atoms with E-state index in [4.69, 9.17) is 0 Å². The molecule has 21 heavy (non-hydrogen) atoms. The summed E-state index contributed by atoms with van der Waals surface area (Å²) < 4.78 is 0. The molecule has 5 nitrogen and oxygen atoms in total. The van der Waals surface area contributed by atoms with Crippen molar-refractivity contribution < 1.29 is 0 Å². The van der Waals surface area contributed by atoms with Crippen molar-refractivity contribution >= 4 is 5.82 Å². The first-order chi connectivity index (χ1) is 10.2. The van der Waals surface area contributed by atoms with Gasteiger partial charge in [0.25, 0.3) is 0 Å². The molecule has 3 heterocycles. The van der Waals surface area contributed by atoms with Gasteiger partial charge in [0.05, 0.1) is 5.69 Å². The van der Waals surface area contributed by atoms with E-state index in [1.807, 2.05) is 13.8 Å². The normalized spacial score (nSPS) is 25.9. The van der Waals surface area contributed by atoms with Crippen LogP contribution in [0.4, 0.5) is 5.82 Å². The number of anilines is 1. The number of nitrogens with one attached hydrogen (secondary N) is 1. The molecule has 0 amide bonds. The van der Waals surface area contributed by atoms with E-state index in [2.05, 4.69) is 26.5 Å². The molecule has 0 saturated carbocycles. The number of nitrogens with zero attached hydrogens (tertiary/aromatic N) is 4. The minimum absolute atomic E-state index is 0.449. The maximum atomic E-state index is 9.55. The molecule has 2 unspecified atom stereocenters. The maximum Gasteiger partial charge on any atom is 0.169 e. The first-order valence-electron chi connectivity index (χ1n) is 7.96. The summed E-state index contributed by atoms with van der Waals surface area (Å²) in [5.74, 6) is 0.791. The van der Waals surface area contributed by atoms with E-state index < -0.39 is 0 Å². The van der Waals surface area contributed by atoms with E-state index in [1.54, 1.807) is 0 Å². The van der Waals surface area contributed by atoms with Crippen molar-refractivity contribution in [3.05, 3.63) is 16.8 Å². The fourth-order valence-corrected chi connectivity index (χ4v) is 3.61. The van der Waals surface area contributed by atoms with E-state index in [1.165, 1.54) is 32.1 Å². The van der Waals surface area contributed by atoms with Gasteiger partial charge >= 0.3 is 0 Å². The first kappa shape index (κ1) is 14.3. The molecule has 0 aromatic carbocycles. The molecule has 2 aliphatic rings. The van der Waals surface area contributed by atoms with Crippen molar-refractivity contribution in [1.29, 1.82) is 5.26 Å². The van der Waals surface area contributed by atoms with Gasteiger partial charge in [0.1, 0.15) is 11.6 Å². The summed E-state index contributed by atoms with van der Waals surface area (Å²) in [5, 5.41) is 21.8. The Balaban J connectivity index is 1.97. The van der Waals surface area contributed by atoms with Crippen molar-refractivity contribution in [2.75, 3.05) is 18.0 Å². The summed E-state index contributed by atoms with van der Waals surface area (Å²) in [5.41, 5.74) is 2.52. The third kappa shape index (κ3) is 2.60. The molecule has 0 bridgehead atoms. The van der Waals surface area contributed by atoms with Crippen LogP contribution in [0, 0.1) is 25.2 Å². The summed E-state index contributed by atoms with van der Waals surface area (Å²) in [7, 11) is 0. The standard InChI is InChI=1S/C16H23N5/c1-11-12(2)19-20-16(13(11)10-17)21-9-4-3-7-15(21)14-6-5-8-18-14/h14-15,18H,3-9H2,1-2H3. The summed E-state index contributed by atoms with van der Waals surface area (Å²) in [6.07, 6.45) is 6.08. The highest BCUT2D eigenvalue weighted by Crippen LogP contribution is 2.31. The Morgan fingerprint density at radius 1 is 1.19 bits per heavy atom. The lowest BCUT2D eigenvalue weighted by atomic mass is 9.94. The summed E-state index contributed by atoms with van der Waals surface area (Å²) in [6, 6.07) is 3.33. The molecule has 2 saturated heterocycles. The van der Waals surface area contributed by atoms with Crippen LogP contribution in [0.15, 0.2) is 0 Å². The molecular formula is C16H23N5. The van der Waals surface area contributed by atoms with E-state index >= 15 is 0 Å². The molecule has 0 aliphatic carbocycles. The lowest BCUT2D eigenvalue weighted by molar-refractivity contribution is 0.375. The molecule has 1 aromatic heterocycles. The monoisotopic (exact) mass is 285 g/mol. The van der Waals surface area contributed by atoms with E-state index in [9.17, 15) is 5.26 Å². The summed E-state index contributed by atoms with van der Waals surface area (Å²) in [6.45, 7) is 5.98. The van der Waals surface area contributed by atoms with Gasteiger partial charge in [0, 0.05) is 18.6 Å². The Bertz CT molecular complexity index is 557. The highest BCUT2D eigenvalue weighted by molar-refractivity contribution is 5.58. The lowest BCUT2D eigenvalue weighted by Gasteiger charge is -2.40. The van der Waals surface area contributed by atoms with E-state index in [-0.39, 0.29) is 0 Å². The number of rotatable bonds is 2. The molecule has 2 atom stereocenters. The number of aryl methyl sites for hydroxylation is 1. The minimum atomic E-state index is 0.449. The zero-order valence-corrected chi connectivity index (χ0v) is 12.9. The topological polar surface area (TPSA) is 64.8 Å². The van der Waals surface area contributed by atoms with Crippen LogP contribution in [0.5, 0.6) is 0 Å². The Kier molecular flexibility index (Phi) is 4.07. The third-order valence-corrected chi connectivity index (χ3v) is 4.93. The number of piperidine rings is 1. The lowest BCUT2D eigenvalue weighted by Crippen LogP contribution is -2.51. The van der Waals surface area contributed by atoms with Gasteiger partial charge in [-0.3, -0.25) is 0 Å². The van der Waals surface area contributed by atoms with Crippen molar-refractivity contribution in [2.45, 2.75) is 58.0 Å². The van der Waals surface area contributed by atoms with Crippen molar-refractivity contribution in [3.63, 3.8) is 0 Å². The highest BCUT2D eigenvalue weighted by Gasteiger charge is 2.34. The Labute approximate surface area is 126 Å². The Hall–Kier alpha value is -1.67. The molecule has 1 N–H and O–H groups in total. The molecule has 0 radical (unpaired) electrons. The van der Waals surface area contributed by atoms with Gasteiger partial charge in [-0.1, -0.05) is 0 Å². The average Bonchev–Trinajstić information content (AvgIpc) is 3.04. The van der Waals surface area contributed by atoms with Gasteiger partial charge < -0.3 is 10.2 Å². The van der Waals surface area contributed by atoms with Gasteiger partial charge in [-0.05, 0) is 58.1 Å². The zero-order valence-electron chi connectivity index (χ0n) is 12.9. The highest BCUT2D eigenvalue weighted by atomic mass is 15.3. The largest absolute Gasteiger partial charge is 0.349 e. The molecule has 5 heteroatoms. The summed E-state index contributed by atoms with van der Waals surface area (Å²) in [4.78, 5) is 2.34. The van der Waals surface area contributed by atoms with E-state index in [0.717, 1.165) is 30.2 Å². The predicted molar refractivity (Wildman–Crippen MR) is 82.2 cm³/mol. The Morgan fingerprint density at radius 3 is 2.76 bits per heavy atom.